The SMILES string of the molecule is CCC(C)(C)n1nnnc1[C@@H](c1ccc(C)cc1)[NH+]1CCC(C)CC1. The van der Waals surface area contributed by atoms with Crippen LogP contribution in [0.25, 0.3) is 0 Å². The lowest BCUT2D eigenvalue weighted by Crippen LogP contribution is -3.13. The zero-order chi connectivity index (χ0) is 18.0. The van der Waals surface area contributed by atoms with Crippen LogP contribution >= 0.6 is 0 Å². The lowest BCUT2D eigenvalue weighted by molar-refractivity contribution is -0.932. The van der Waals surface area contributed by atoms with Gasteiger partial charge in [0.25, 0.3) is 0 Å². The molecule has 136 valence electrons. The first-order valence-electron chi connectivity index (χ1n) is 9.62. The van der Waals surface area contributed by atoms with E-state index in [-0.39, 0.29) is 11.6 Å². The monoisotopic (exact) mass is 342 g/mol. The minimum atomic E-state index is -0.0791. The number of quaternary nitrogens is 1. The number of tetrazole rings is 1. The van der Waals surface area contributed by atoms with Crippen LogP contribution in [0.1, 0.15) is 70.0 Å². The molecule has 2 heterocycles. The van der Waals surface area contributed by atoms with Crippen molar-refractivity contribution in [1.82, 2.24) is 20.2 Å². The molecule has 1 N–H and O–H groups in total. The van der Waals surface area contributed by atoms with Crippen molar-refractivity contribution in [3.63, 3.8) is 0 Å². The van der Waals surface area contributed by atoms with Crippen LogP contribution in [0, 0.1) is 12.8 Å². The minimum absolute atomic E-state index is 0.0791. The number of piperidine rings is 1. The highest BCUT2D eigenvalue weighted by molar-refractivity contribution is 5.26. The van der Waals surface area contributed by atoms with Crippen LogP contribution in [0.4, 0.5) is 0 Å². The molecule has 1 saturated heterocycles. The predicted molar refractivity (Wildman–Crippen MR) is 99.5 cm³/mol. The molecule has 2 aromatic rings. The highest BCUT2D eigenvalue weighted by Crippen LogP contribution is 2.25. The van der Waals surface area contributed by atoms with E-state index in [0.717, 1.165) is 18.2 Å². The maximum absolute atomic E-state index is 4.50. The van der Waals surface area contributed by atoms with Crippen molar-refractivity contribution in [2.24, 2.45) is 5.92 Å². The van der Waals surface area contributed by atoms with Gasteiger partial charge in [-0.3, -0.25) is 0 Å². The van der Waals surface area contributed by atoms with Gasteiger partial charge in [-0.1, -0.05) is 43.7 Å². The summed E-state index contributed by atoms with van der Waals surface area (Å²) in [5.74, 6) is 1.82. The first-order valence-corrected chi connectivity index (χ1v) is 9.62. The highest BCUT2D eigenvalue weighted by Gasteiger charge is 2.36. The van der Waals surface area contributed by atoms with Gasteiger partial charge in [0.15, 0.2) is 6.04 Å². The van der Waals surface area contributed by atoms with E-state index in [1.165, 1.54) is 37.1 Å². The van der Waals surface area contributed by atoms with Crippen LogP contribution in [0.5, 0.6) is 0 Å². The second-order valence-electron chi connectivity index (χ2n) is 8.30. The molecule has 1 aromatic heterocycles. The molecule has 5 heteroatoms. The molecule has 5 nitrogen and oxygen atoms in total. The third-order valence-electron chi connectivity index (χ3n) is 5.93. The van der Waals surface area contributed by atoms with E-state index in [9.17, 15) is 0 Å². The largest absolute Gasteiger partial charge is 0.322 e. The van der Waals surface area contributed by atoms with Crippen molar-refractivity contribution in [2.45, 2.75) is 65.5 Å². The molecule has 0 saturated carbocycles. The number of aryl methyl sites for hydroxylation is 1. The number of likely N-dealkylation sites (tertiary alicyclic amines) is 1. The highest BCUT2D eigenvalue weighted by atomic mass is 15.6. The number of nitrogens with one attached hydrogen (secondary N) is 1. The van der Waals surface area contributed by atoms with E-state index in [2.05, 4.69) is 79.1 Å². The summed E-state index contributed by atoms with van der Waals surface area (Å²) in [4.78, 5) is 1.59. The standard InChI is InChI=1S/C20H31N5/c1-6-20(4,5)25-19(21-22-23-25)18(17-9-7-15(2)8-10-17)24-13-11-16(3)12-14-24/h7-10,16,18H,6,11-14H2,1-5H3/p+1/t18-/m1/s1. The third-order valence-corrected chi connectivity index (χ3v) is 5.93. The fourth-order valence-electron chi connectivity index (χ4n) is 3.70. The van der Waals surface area contributed by atoms with Gasteiger partial charge in [0.1, 0.15) is 0 Å². The number of rotatable bonds is 5. The Morgan fingerprint density at radius 1 is 1.20 bits per heavy atom. The van der Waals surface area contributed by atoms with Crippen LogP contribution in [-0.4, -0.2) is 33.3 Å². The van der Waals surface area contributed by atoms with E-state index in [0.29, 0.717) is 0 Å². The fraction of sp³-hybridized carbons (Fsp3) is 0.650. The summed E-state index contributed by atoms with van der Waals surface area (Å²) in [6.07, 6.45) is 3.55. The molecular weight excluding hydrogens is 310 g/mol. The average Bonchev–Trinajstić information content (AvgIpc) is 3.09. The summed E-state index contributed by atoms with van der Waals surface area (Å²) < 4.78 is 2.06. The van der Waals surface area contributed by atoms with E-state index in [1.54, 1.807) is 4.90 Å². The Kier molecular flexibility index (Phi) is 5.23. The van der Waals surface area contributed by atoms with Gasteiger partial charge in [-0.05, 0) is 56.4 Å². The molecule has 0 spiro atoms. The average molecular weight is 343 g/mol. The summed E-state index contributed by atoms with van der Waals surface area (Å²) in [5.41, 5.74) is 2.53. The second kappa shape index (κ2) is 7.24. The van der Waals surface area contributed by atoms with Crippen LogP contribution in [0.2, 0.25) is 0 Å². The van der Waals surface area contributed by atoms with E-state index in [4.69, 9.17) is 0 Å². The van der Waals surface area contributed by atoms with Crippen LogP contribution in [0.15, 0.2) is 24.3 Å². The maximum Gasteiger partial charge on any atom is 0.214 e. The Hall–Kier alpha value is -1.75. The van der Waals surface area contributed by atoms with Gasteiger partial charge >= 0.3 is 0 Å². The van der Waals surface area contributed by atoms with Gasteiger partial charge < -0.3 is 4.90 Å². The van der Waals surface area contributed by atoms with Crippen molar-refractivity contribution >= 4 is 0 Å². The first kappa shape index (κ1) is 18.1. The maximum atomic E-state index is 4.50. The van der Waals surface area contributed by atoms with Gasteiger partial charge in [0, 0.05) is 5.56 Å². The Balaban J connectivity index is 2.03. The molecule has 0 unspecified atom stereocenters. The Labute approximate surface area is 151 Å². The Bertz CT molecular complexity index is 680. The predicted octanol–water partition coefficient (Wildman–Crippen LogP) is 2.53. The summed E-state index contributed by atoms with van der Waals surface area (Å²) >= 11 is 0. The number of benzene rings is 1. The molecule has 0 radical (unpaired) electrons. The summed E-state index contributed by atoms with van der Waals surface area (Å²) in [7, 11) is 0. The van der Waals surface area contributed by atoms with Crippen LogP contribution in [-0.2, 0) is 5.54 Å². The van der Waals surface area contributed by atoms with Crippen molar-refractivity contribution in [2.75, 3.05) is 13.1 Å². The molecular formula is C20H32N5+. The third kappa shape index (κ3) is 3.76. The summed E-state index contributed by atoms with van der Waals surface area (Å²) in [6.45, 7) is 13.5. The molecule has 25 heavy (non-hydrogen) atoms. The molecule has 1 aliphatic rings. The van der Waals surface area contributed by atoms with E-state index < -0.39 is 0 Å². The lowest BCUT2D eigenvalue weighted by Gasteiger charge is -2.35. The number of aromatic nitrogens is 4. The molecule has 0 bridgehead atoms. The number of hydrogen-bond acceptors (Lipinski definition) is 3. The van der Waals surface area contributed by atoms with Gasteiger partial charge in [0.2, 0.25) is 5.82 Å². The minimum Gasteiger partial charge on any atom is -0.322 e. The zero-order valence-corrected chi connectivity index (χ0v) is 16.3. The number of hydrogen-bond donors (Lipinski definition) is 1. The van der Waals surface area contributed by atoms with Crippen LogP contribution < -0.4 is 4.90 Å². The Morgan fingerprint density at radius 3 is 2.44 bits per heavy atom. The zero-order valence-electron chi connectivity index (χ0n) is 16.3. The topological polar surface area (TPSA) is 48.0 Å². The molecule has 0 amide bonds. The van der Waals surface area contributed by atoms with Crippen LogP contribution in [0.3, 0.4) is 0 Å². The first-order chi connectivity index (χ1) is 11.9. The summed E-state index contributed by atoms with van der Waals surface area (Å²) in [6, 6.07) is 9.11. The fourth-order valence-corrected chi connectivity index (χ4v) is 3.70. The molecule has 1 aliphatic heterocycles. The smallest absolute Gasteiger partial charge is 0.214 e. The van der Waals surface area contributed by atoms with Gasteiger partial charge in [0.05, 0.1) is 18.6 Å². The van der Waals surface area contributed by atoms with Gasteiger partial charge in [-0.2, -0.15) is 0 Å². The van der Waals surface area contributed by atoms with Gasteiger partial charge in [-0.25, -0.2) is 4.68 Å². The number of nitrogens with zero attached hydrogens (tertiary/aromatic N) is 4. The molecule has 0 aliphatic carbocycles. The van der Waals surface area contributed by atoms with Crippen molar-refractivity contribution < 1.29 is 4.90 Å². The van der Waals surface area contributed by atoms with E-state index >= 15 is 0 Å². The molecule has 1 aromatic carbocycles. The van der Waals surface area contributed by atoms with Gasteiger partial charge in [-0.15, -0.1) is 5.10 Å². The van der Waals surface area contributed by atoms with E-state index in [1.807, 2.05) is 0 Å². The van der Waals surface area contributed by atoms with Crippen molar-refractivity contribution in [3.8, 4) is 0 Å². The Morgan fingerprint density at radius 2 is 1.84 bits per heavy atom. The second-order valence-corrected chi connectivity index (χ2v) is 8.30. The van der Waals surface area contributed by atoms with Crippen molar-refractivity contribution in [3.05, 3.63) is 41.2 Å². The quantitative estimate of drug-likeness (QED) is 0.908. The van der Waals surface area contributed by atoms with Crippen molar-refractivity contribution in [1.29, 1.82) is 0 Å². The molecule has 1 atom stereocenters. The normalized spacial score (nSPS) is 22.8. The summed E-state index contributed by atoms with van der Waals surface area (Å²) in [5, 5.41) is 12.9. The lowest BCUT2D eigenvalue weighted by atomic mass is 9.94. The molecule has 3 rings (SSSR count). The molecule has 1 fully saturated rings.